The number of unbranched alkanes of at least 4 members (excludes halogenated alkanes) is 2. The number of anilines is 2. The fourth-order valence-electron chi connectivity index (χ4n) is 4.77. The first-order valence-corrected chi connectivity index (χ1v) is 18.2. The van der Waals surface area contributed by atoms with Crippen LogP contribution in [0.25, 0.3) is 11.4 Å². The molecule has 8 nitrogen and oxygen atoms in total. The van der Waals surface area contributed by atoms with Crippen LogP contribution in [0.15, 0.2) is 55.0 Å². The van der Waals surface area contributed by atoms with E-state index in [1.807, 2.05) is 34.6 Å². The molecule has 3 heterocycles. The number of aromatic nitrogens is 3. The van der Waals surface area contributed by atoms with Crippen molar-refractivity contribution in [1.29, 1.82) is 0 Å². The topological polar surface area (TPSA) is 100 Å². The average molecular weight is 697 g/mol. The van der Waals surface area contributed by atoms with E-state index in [2.05, 4.69) is 51.3 Å². The number of amides is 1. The third-order valence-corrected chi connectivity index (χ3v) is 7.90. The lowest BCUT2D eigenvalue weighted by Crippen LogP contribution is -2.42. The summed E-state index contributed by atoms with van der Waals surface area (Å²) in [6, 6.07) is 6.10. The molecule has 1 aliphatic heterocycles. The van der Waals surface area contributed by atoms with Crippen LogP contribution in [0.2, 0.25) is 5.02 Å². The van der Waals surface area contributed by atoms with Crippen LogP contribution in [0.4, 0.5) is 15.9 Å². The smallest absolute Gasteiger partial charge is 0.237 e. The molecule has 1 amide bonds. The highest BCUT2D eigenvalue weighted by Crippen LogP contribution is 2.30. The Bertz CT molecular complexity index is 1450. The predicted molar refractivity (Wildman–Crippen MR) is 203 cm³/mol. The van der Waals surface area contributed by atoms with E-state index < -0.39 is 5.82 Å². The molecule has 2 aromatic heterocycles. The molecule has 270 valence electrons. The van der Waals surface area contributed by atoms with Gasteiger partial charge in [0.1, 0.15) is 11.6 Å². The zero-order valence-electron chi connectivity index (χ0n) is 31.1. The molecule has 1 unspecified atom stereocenters. The molecule has 49 heavy (non-hydrogen) atoms. The molecule has 0 spiro atoms. The number of carbonyl (C=O) groups is 2. The summed E-state index contributed by atoms with van der Waals surface area (Å²) < 4.78 is 14.3. The normalized spacial score (nSPS) is 13.8. The second-order valence-electron chi connectivity index (χ2n) is 11.7. The van der Waals surface area contributed by atoms with E-state index in [0.29, 0.717) is 22.1 Å². The molecule has 0 aliphatic carbocycles. The molecule has 3 aromatic rings. The van der Waals surface area contributed by atoms with Crippen molar-refractivity contribution in [2.45, 2.75) is 112 Å². The maximum Gasteiger partial charge on any atom is 0.237 e. The number of ketones is 1. The minimum atomic E-state index is -0.466. The number of likely N-dealkylation sites (tertiary alicyclic amines) is 1. The molecule has 0 bridgehead atoms. The summed E-state index contributed by atoms with van der Waals surface area (Å²) in [6.07, 6.45) is 16.1. The van der Waals surface area contributed by atoms with Gasteiger partial charge in [-0.25, -0.2) is 14.4 Å². The summed E-state index contributed by atoms with van der Waals surface area (Å²) in [6.45, 7) is 18.7. The van der Waals surface area contributed by atoms with Gasteiger partial charge in [0.15, 0.2) is 11.6 Å². The van der Waals surface area contributed by atoms with Gasteiger partial charge >= 0.3 is 0 Å². The predicted octanol–water partition coefficient (Wildman–Crippen LogP) is 10.2. The summed E-state index contributed by atoms with van der Waals surface area (Å²) in [7, 11) is 1.72. The highest BCUT2D eigenvalue weighted by atomic mass is 35.5. The van der Waals surface area contributed by atoms with E-state index in [0.717, 1.165) is 31.5 Å². The van der Waals surface area contributed by atoms with Crippen LogP contribution >= 0.6 is 11.6 Å². The largest absolute Gasteiger partial charge is 0.358 e. The molecule has 1 aromatic carbocycles. The van der Waals surface area contributed by atoms with Gasteiger partial charge in [0.2, 0.25) is 5.91 Å². The van der Waals surface area contributed by atoms with Crippen LogP contribution in [0.5, 0.6) is 0 Å². The third kappa shape index (κ3) is 14.4. The van der Waals surface area contributed by atoms with E-state index in [-0.39, 0.29) is 35.0 Å². The van der Waals surface area contributed by atoms with Crippen molar-refractivity contribution >= 4 is 34.8 Å². The van der Waals surface area contributed by atoms with Crippen LogP contribution in [0.3, 0.4) is 0 Å². The number of rotatable bonds is 12. The molecule has 1 fully saturated rings. The number of benzene rings is 1. The molecular weight excluding hydrogens is 639 g/mol. The Morgan fingerprint density at radius 3 is 2.41 bits per heavy atom. The van der Waals surface area contributed by atoms with Crippen LogP contribution in [-0.4, -0.2) is 57.7 Å². The average Bonchev–Trinajstić information content (AvgIpc) is 3.60. The minimum Gasteiger partial charge on any atom is -0.358 e. The summed E-state index contributed by atoms with van der Waals surface area (Å²) >= 11 is 6.03. The Balaban J connectivity index is 0.000000523. The van der Waals surface area contributed by atoms with Crippen LogP contribution in [-0.2, 0) is 4.79 Å². The number of hydrogen-bond acceptors (Lipinski definition) is 7. The number of allylic oxidation sites excluding steroid dienone is 2. The number of carbonyl (C=O) groups excluding carboxylic acids is 2. The van der Waals surface area contributed by atoms with Gasteiger partial charge in [0.05, 0.1) is 22.9 Å². The molecule has 1 saturated heterocycles. The molecule has 4 rings (SSSR count). The van der Waals surface area contributed by atoms with Gasteiger partial charge in [-0.1, -0.05) is 92.3 Å². The van der Waals surface area contributed by atoms with Gasteiger partial charge in [0, 0.05) is 36.2 Å². The Morgan fingerprint density at radius 1 is 1.08 bits per heavy atom. The second-order valence-corrected chi connectivity index (χ2v) is 12.1. The van der Waals surface area contributed by atoms with Crippen LogP contribution in [0.1, 0.15) is 122 Å². The standard InChI is InChI=1S/C23H22ClFN4O.C10H20N2O.C4H10.C2H6/c1-4-5-6-21(30)18-12-26-10-9-20(18)28-23-17(14(2)3)13-27-22(29-23)16-11-15(24)7-8-19(16)25;1-3-4-7-12-8-5-6-9(12)10(13)11-2;1-3-4-2;1-2/h5-14H,4H2,1-3H3,(H,26,27,28,29);9H,3-8H2,1-2H3,(H,11,13);3-4H2,1-2H3;1-2H3/b6-5-;;;. The van der Waals surface area contributed by atoms with E-state index in [1.165, 1.54) is 62.6 Å². The van der Waals surface area contributed by atoms with Crippen LogP contribution in [0, 0.1) is 5.82 Å². The zero-order chi connectivity index (χ0) is 36.8. The number of likely N-dealkylation sites (N-methyl/N-ethyl adjacent to an activating group) is 1. The molecular formula is C39H58ClFN6O2. The number of hydrogen-bond donors (Lipinski definition) is 2. The van der Waals surface area contributed by atoms with Crippen molar-refractivity contribution < 1.29 is 14.0 Å². The Labute approximate surface area is 299 Å². The number of pyridine rings is 1. The van der Waals surface area contributed by atoms with Crippen molar-refractivity contribution in [2.24, 2.45) is 0 Å². The van der Waals surface area contributed by atoms with Crippen molar-refractivity contribution in [3.8, 4) is 11.4 Å². The minimum absolute atomic E-state index is 0.103. The van der Waals surface area contributed by atoms with Gasteiger partial charge in [-0.3, -0.25) is 19.5 Å². The molecule has 0 saturated carbocycles. The quantitative estimate of drug-likeness (QED) is 0.144. The summed E-state index contributed by atoms with van der Waals surface area (Å²) in [5.74, 6) is 0.366. The fraction of sp³-hybridized carbons (Fsp3) is 0.513. The Morgan fingerprint density at radius 2 is 1.80 bits per heavy atom. The Kier molecular flexibility index (Phi) is 21.6. The summed E-state index contributed by atoms with van der Waals surface area (Å²) in [4.78, 5) is 39.2. The summed E-state index contributed by atoms with van der Waals surface area (Å²) in [5, 5.41) is 6.35. The monoisotopic (exact) mass is 696 g/mol. The van der Waals surface area contributed by atoms with Gasteiger partial charge in [-0.15, -0.1) is 0 Å². The molecule has 2 N–H and O–H groups in total. The first kappa shape index (κ1) is 43.3. The van der Waals surface area contributed by atoms with Crippen molar-refractivity contribution in [3.05, 3.63) is 77.0 Å². The van der Waals surface area contributed by atoms with E-state index >= 15 is 0 Å². The van der Waals surface area contributed by atoms with E-state index in [4.69, 9.17) is 11.6 Å². The van der Waals surface area contributed by atoms with Crippen LogP contribution < -0.4 is 10.6 Å². The lowest BCUT2D eigenvalue weighted by Gasteiger charge is -2.22. The molecule has 1 aliphatic rings. The number of nitrogens with one attached hydrogen (secondary N) is 2. The maximum absolute atomic E-state index is 14.3. The molecule has 0 radical (unpaired) electrons. The lowest BCUT2D eigenvalue weighted by atomic mass is 10.0. The highest BCUT2D eigenvalue weighted by molar-refractivity contribution is 6.30. The second kappa shape index (κ2) is 24.4. The van der Waals surface area contributed by atoms with E-state index in [9.17, 15) is 14.0 Å². The van der Waals surface area contributed by atoms with E-state index in [1.54, 1.807) is 31.6 Å². The van der Waals surface area contributed by atoms with Gasteiger partial charge in [-0.2, -0.15) is 0 Å². The van der Waals surface area contributed by atoms with Gasteiger partial charge in [0.25, 0.3) is 0 Å². The SMILES string of the molecule is CC.CC/C=C\C(=O)c1cnccc1Nc1nc(-c2cc(Cl)ccc2F)ncc1C(C)C.CCCC.CCCCN1CCCC1C(=O)NC. The molecule has 10 heteroatoms. The zero-order valence-corrected chi connectivity index (χ0v) is 31.8. The fourth-order valence-corrected chi connectivity index (χ4v) is 4.95. The highest BCUT2D eigenvalue weighted by Gasteiger charge is 2.29. The third-order valence-electron chi connectivity index (χ3n) is 7.66. The first-order valence-electron chi connectivity index (χ1n) is 17.8. The van der Waals surface area contributed by atoms with Gasteiger partial charge in [-0.05, 0) is 75.0 Å². The number of nitrogens with zero attached hydrogens (tertiary/aromatic N) is 4. The lowest BCUT2D eigenvalue weighted by molar-refractivity contribution is -0.125. The first-order chi connectivity index (χ1) is 23.6. The van der Waals surface area contributed by atoms with Crippen molar-refractivity contribution in [3.63, 3.8) is 0 Å². The Hall–Kier alpha value is -3.69. The summed E-state index contributed by atoms with van der Waals surface area (Å²) in [5.41, 5.74) is 2.03. The molecule has 1 atom stereocenters. The maximum atomic E-state index is 14.3. The number of halogens is 2. The van der Waals surface area contributed by atoms with Crippen molar-refractivity contribution in [1.82, 2.24) is 25.2 Å². The van der Waals surface area contributed by atoms with Crippen molar-refractivity contribution in [2.75, 3.05) is 25.5 Å². The van der Waals surface area contributed by atoms with Gasteiger partial charge < -0.3 is 10.6 Å².